The molecule has 0 bridgehead atoms. The molecule has 0 amide bonds. The monoisotopic (exact) mass is 379 g/mol. The van der Waals surface area contributed by atoms with E-state index in [-0.39, 0.29) is 5.97 Å². The topological polar surface area (TPSA) is 57.7 Å². The molecule has 5 heteroatoms. The zero-order valence-electron chi connectivity index (χ0n) is 16.3. The number of esters is 1. The molecular formula is C23H25NO4. The highest BCUT2D eigenvalue weighted by Crippen LogP contribution is 2.23. The van der Waals surface area contributed by atoms with Gasteiger partial charge in [-0.2, -0.15) is 0 Å². The summed E-state index contributed by atoms with van der Waals surface area (Å²) in [6.07, 6.45) is 1.59. The lowest BCUT2D eigenvalue weighted by atomic mass is 10.1. The normalized spacial score (nSPS) is 11.9. The number of rotatable bonds is 9. The first-order valence-electron chi connectivity index (χ1n) is 9.53. The summed E-state index contributed by atoms with van der Waals surface area (Å²) >= 11 is 0. The maximum atomic E-state index is 12.2. The van der Waals surface area contributed by atoms with Gasteiger partial charge in [-0.25, -0.2) is 4.79 Å². The molecule has 0 saturated heterocycles. The Hall–Kier alpha value is -2.92. The van der Waals surface area contributed by atoms with Crippen LogP contribution in [-0.4, -0.2) is 30.3 Å². The number of hydrogen-bond donors (Lipinski definition) is 0. The van der Waals surface area contributed by atoms with Gasteiger partial charge in [0, 0.05) is 30.2 Å². The zero-order valence-corrected chi connectivity index (χ0v) is 16.3. The SMILES string of the molecule is CCOC(=O)C(Cc1ccccc1OCc1cnc2ccccc2c1)OCC. The van der Waals surface area contributed by atoms with Crippen molar-refractivity contribution in [1.29, 1.82) is 0 Å². The number of para-hydroxylation sites is 2. The first-order chi connectivity index (χ1) is 13.7. The molecule has 0 aliphatic carbocycles. The Bertz CT molecular complexity index is 925. The van der Waals surface area contributed by atoms with Crippen molar-refractivity contribution in [3.05, 3.63) is 71.9 Å². The van der Waals surface area contributed by atoms with Crippen LogP contribution in [0.15, 0.2) is 60.8 Å². The van der Waals surface area contributed by atoms with Gasteiger partial charge in [0.1, 0.15) is 12.4 Å². The molecule has 1 unspecified atom stereocenters. The fourth-order valence-electron chi connectivity index (χ4n) is 3.02. The Morgan fingerprint density at radius 3 is 2.64 bits per heavy atom. The van der Waals surface area contributed by atoms with Gasteiger partial charge in [-0.15, -0.1) is 0 Å². The van der Waals surface area contributed by atoms with Crippen molar-refractivity contribution >= 4 is 16.9 Å². The minimum Gasteiger partial charge on any atom is -0.489 e. The van der Waals surface area contributed by atoms with Crippen LogP contribution in [0.25, 0.3) is 10.9 Å². The van der Waals surface area contributed by atoms with Crippen molar-refractivity contribution in [2.45, 2.75) is 33.0 Å². The van der Waals surface area contributed by atoms with Crippen molar-refractivity contribution in [1.82, 2.24) is 4.98 Å². The van der Waals surface area contributed by atoms with Gasteiger partial charge < -0.3 is 14.2 Å². The molecule has 146 valence electrons. The molecule has 0 saturated carbocycles. The van der Waals surface area contributed by atoms with Gasteiger partial charge >= 0.3 is 5.97 Å². The summed E-state index contributed by atoms with van der Waals surface area (Å²) in [7, 11) is 0. The van der Waals surface area contributed by atoms with Crippen molar-refractivity contribution in [2.24, 2.45) is 0 Å². The zero-order chi connectivity index (χ0) is 19.8. The molecular weight excluding hydrogens is 354 g/mol. The average Bonchev–Trinajstić information content (AvgIpc) is 2.72. The van der Waals surface area contributed by atoms with E-state index in [1.54, 1.807) is 6.92 Å². The van der Waals surface area contributed by atoms with Crippen LogP contribution in [0.2, 0.25) is 0 Å². The Morgan fingerprint density at radius 1 is 1.04 bits per heavy atom. The molecule has 0 aliphatic heterocycles. The van der Waals surface area contributed by atoms with E-state index in [1.165, 1.54) is 0 Å². The van der Waals surface area contributed by atoms with E-state index >= 15 is 0 Å². The van der Waals surface area contributed by atoms with Crippen LogP contribution in [0, 0.1) is 0 Å². The summed E-state index contributed by atoms with van der Waals surface area (Å²) in [5, 5.41) is 1.08. The summed E-state index contributed by atoms with van der Waals surface area (Å²) in [4.78, 5) is 16.6. The van der Waals surface area contributed by atoms with Crippen LogP contribution < -0.4 is 4.74 Å². The third-order valence-electron chi connectivity index (χ3n) is 4.34. The number of hydrogen-bond acceptors (Lipinski definition) is 5. The van der Waals surface area contributed by atoms with Gasteiger partial charge in [0.15, 0.2) is 6.10 Å². The van der Waals surface area contributed by atoms with E-state index in [0.29, 0.717) is 26.2 Å². The van der Waals surface area contributed by atoms with Crippen LogP contribution in [0.3, 0.4) is 0 Å². The predicted octanol–water partition coefficient (Wildman–Crippen LogP) is 4.32. The third-order valence-corrected chi connectivity index (χ3v) is 4.34. The molecule has 1 heterocycles. The highest BCUT2D eigenvalue weighted by molar-refractivity contribution is 5.78. The number of aromatic nitrogens is 1. The number of nitrogens with zero attached hydrogens (tertiary/aromatic N) is 1. The molecule has 28 heavy (non-hydrogen) atoms. The molecule has 0 N–H and O–H groups in total. The Morgan fingerprint density at radius 2 is 1.82 bits per heavy atom. The molecule has 3 aromatic rings. The number of carbonyl (C=O) groups is 1. The molecule has 2 aromatic carbocycles. The smallest absolute Gasteiger partial charge is 0.335 e. The van der Waals surface area contributed by atoms with E-state index in [1.807, 2.05) is 61.7 Å². The van der Waals surface area contributed by atoms with Crippen LogP contribution >= 0.6 is 0 Å². The predicted molar refractivity (Wildman–Crippen MR) is 108 cm³/mol. The first kappa shape index (κ1) is 19.8. The lowest BCUT2D eigenvalue weighted by molar-refractivity contribution is -0.156. The van der Waals surface area contributed by atoms with Gasteiger partial charge in [-0.3, -0.25) is 4.98 Å². The van der Waals surface area contributed by atoms with Crippen LogP contribution in [0.1, 0.15) is 25.0 Å². The van der Waals surface area contributed by atoms with Gasteiger partial charge in [0.25, 0.3) is 0 Å². The van der Waals surface area contributed by atoms with Crippen LogP contribution in [-0.2, 0) is 27.3 Å². The van der Waals surface area contributed by atoms with Gasteiger partial charge in [0.2, 0.25) is 0 Å². The minimum atomic E-state index is -0.642. The largest absolute Gasteiger partial charge is 0.489 e. The highest BCUT2D eigenvalue weighted by Gasteiger charge is 2.22. The van der Waals surface area contributed by atoms with Gasteiger partial charge in [0.05, 0.1) is 12.1 Å². The quantitative estimate of drug-likeness (QED) is 0.518. The summed E-state index contributed by atoms with van der Waals surface area (Å²) in [5.74, 6) is 0.377. The number of fused-ring (bicyclic) bond motifs is 1. The Kier molecular flexibility index (Phi) is 6.98. The second-order valence-corrected chi connectivity index (χ2v) is 6.33. The maximum absolute atomic E-state index is 12.2. The summed E-state index contributed by atoms with van der Waals surface area (Å²) in [6.45, 7) is 4.81. The minimum absolute atomic E-state index is 0.329. The lowest BCUT2D eigenvalue weighted by Gasteiger charge is -2.18. The van der Waals surface area contributed by atoms with Crippen molar-refractivity contribution in [2.75, 3.05) is 13.2 Å². The van der Waals surface area contributed by atoms with Crippen LogP contribution in [0.4, 0.5) is 0 Å². The van der Waals surface area contributed by atoms with E-state index in [2.05, 4.69) is 11.1 Å². The van der Waals surface area contributed by atoms with Crippen molar-refractivity contribution in [3.8, 4) is 5.75 Å². The van der Waals surface area contributed by atoms with Crippen LogP contribution in [0.5, 0.6) is 5.75 Å². The molecule has 0 spiro atoms. The molecule has 1 atom stereocenters. The van der Waals surface area contributed by atoms with Crippen molar-refractivity contribution < 1.29 is 19.0 Å². The second-order valence-electron chi connectivity index (χ2n) is 6.33. The standard InChI is InChI=1S/C23H25NO4/c1-3-26-22(23(25)27-4-2)14-19-10-6-8-12-21(19)28-16-17-13-18-9-5-7-11-20(18)24-15-17/h5-13,15,22H,3-4,14,16H2,1-2H3. The fourth-order valence-corrected chi connectivity index (χ4v) is 3.02. The van der Waals surface area contributed by atoms with Gasteiger partial charge in [-0.05, 0) is 37.6 Å². The first-order valence-corrected chi connectivity index (χ1v) is 9.53. The number of benzene rings is 2. The number of ether oxygens (including phenoxy) is 3. The number of carbonyl (C=O) groups excluding carboxylic acids is 1. The van der Waals surface area contributed by atoms with Crippen molar-refractivity contribution in [3.63, 3.8) is 0 Å². The molecule has 0 aliphatic rings. The molecule has 3 rings (SSSR count). The van der Waals surface area contributed by atoms with E-state index in [9.17, 15) is 4.79 Å². The van der Waals surface area contributed by atoms with E-state index in [0.717, 1.165) is 27.8 Å². The summed E-state index contributed by atoms with van der Waals surface area (Å²) < 4.78 is 16.8. The molecule has 5 nitrogen and oxygen atoms in total. The molecule has 0 fully saturated rings. The second kappa shape index (κ2) is 9.85. The van der Waals surface area contributed by atoms with E-state index in [4.69, 9.17) is 14.2 Å². The average molecular weight is 379 g/mol. The van der Waals surface area contributed by atoms with Gasteiger partial charge in [-0.1, -0.05) is 36.4 Å². The lowest BCUT2D eigenvalue weighted by Crippen LogP contribution is -2.29. The maximum Gasteiger partial charge on any atom is 0.335 e. The summed E-state index contributed by atoms with van der Waals surface area (Å²) in [5.41, 5.74) is 2.85. The highest BCUT2D eigenvalue weighted by atomic mass is 16.6. The fraction of sp³-hybridized carbons (Fsp3) is 0.304. The number of pyridine rings is 1. The van der Waals surface area contributed by atoms with E-state index < -0.39 is 6.10 Å². The molecule has 0 radical (unpaired) electrons. The summed E-state index contributed by atoms with van der Waals surface area (Å²) in [6, 6.07) is 17.7. The Labute approximate surface area is 165 Å². The Balaban J connectivity index is 1.72. The molecule has 1 aromatic heterocycles. The third kappa shape index (κ3) is 5.08.